The van der Waals surface area contributed by atoms with Crippen molar-refractivity contribution in [1.82, 2.24) is 9.88 Å². The number of rotatable bonds is 8. The van der Waals surface area contributed by atoms with E-state index in [1.807, 2.05) is 4.90 Å². The summed E-state index contributed by atoms with van der Waals surface area (Å²) < 4.78 is 5.44. The minimum absolute atomic E-state index is 0.0930. The Morgan fingerprint density at radius 1 is 1.12 bits per heavy atom. The first-order valence-electron chi connectivity index (χ1n) is 12.4. The van der Waals surface area contributed by atoms with E-state index in [1.54, 1.807) is 48.8 Å². The molecule has 40 heavy (non-hydrogen) atoms. The van der Waals surface area contributed by atoms with Crippen molar-refractivity contribution in [2.24, 2.45) is 16.6 Å². The Balaban J connectivity index is 1.49. The smallest absolute Gasteiger partial charge is 0.259 e. The van der Waals surface area contributed by atoms with Gasteiger partial charge in [0.1, 0.15) is 11.6 Å². The Morgan fingerprint density at radius 3 is 2.45 bits per heavy atom. The standard InChI is InChI=1S/C29H27ClN6O4/c1-3-18-14-23(29(39)34-25-9-6-21(30)16-32-25)26(24(15-18)40-2)35-28(38)20-4-7-22(8-5-20)33-17-36-12-10-19(11-13-36)27(31)37/h1,4-9,14-17,19H,10-13H2,2H3,(H2,31,37)(H,35,38)(H,32,34,39). The number of hydrogen-bond acceptors (Lipinski definition) is 6. The predicted molar refractivity (Wildman–Crippen MR) is 154 cm³/mol. The number of aliphatic imine (C=N–C) groups is 1. The summed E-state index contributed by atoms with van der Waals surface area (Å²) in [6, 6.07) is 12.8. The van der Waals surface area contributed by atoms with Crippen molar-refractivity contribution >= 4 is 52.9 Å². The zero-order valence-corrected chi connectivity index (χ0v) is 22.4. The van der Waals surface area contributed by atoms with Crippen LogP contribution in [0.5, 0.6) is 5.75 Å². The lowest BCUT2D eigenvalue weighted by atomic mass is 9.97. The Bertz CT molecular complexity index is 1470. The molecule has 1 fully saturated rings. The van der Waals surface area contributed by atoms with Gasteiger partial charge in [0.15, 0.2) is 0 Å². The molecule has 204 valence electrons. The average Bonchev–Trinajstić information content (AvgIpc) is 2.97. The van der Waals surface area contributed by atoms with Gasteiger partial charge in [0, 0.05) is 36.3 Å². The summed E-state index contributed by atoms with van der Waals surface area (Å²) in [4.78, 5) is 48.2. The van der Waals surface area contributed by atoms with E-state index in [2.05, 4.69) is 26.5 Å². The number of piperidine rings is 1. The molecule has 0 bridgehead atoms. The van der Waals surface area contributed by atoms with Crippen LogP contribution < -0.4 is 21.1 Å². The van der Waals surface area contributed by atoms with Gasteiger partial charge in [-0.15, -0.1) is 6.42 Å². The van der Waals surface area contributed by atoms with Gasteiger partial charge in [0.2, 0.25) is 5.91 Å². The highest BCUT2D eigenvalue weighted by molar-refractivity contribution is 6.30. The number of hydrogen-bond donors (Lipinski definition) is 3. The van der Waals surface area contributed by atoms with Gasteiger partial charge < -0.3 is 26.0 Å². The maximum Gasteiger partial charge on any atom is 0.259 e. The summed E-state index contributed by atoms with van der Waals surface area (Å²) in [5.74, 6) is 1.61. The van der Waals surface area contributed by atoms with Gasteiger partial charge in [-0.3, -0.25) is 14.4 Å². The maximum absolute atomic E-state index is 13.2. The minimum Gasteiger partial charge on any atom is -0.495 e. The van der Waals surface area contributed by atoms with Crippen molar-refractivity contribution in [3.05, 3.63) is 76.4 Å². The summed E-state index contributed by atoms with van der Waals surface area (Å²) in [5, 5.41) is 5.86. The molecular weight excluding hydrogens is 532 g/mol. The lowest BCUT2D eigenvalue weighted by Crippen LogP contribution is -2.37. The summed E-state index contributed by atoms with van der Waals surface area (Å²) in [5.41, 5.74) is 7.03. The number of anilines is 2. The molecule has 1 aliphatic rings. The van der Waals surface area contributed by atoms with Crippen LogP contribution >= 0.6 is 11.6 Å². The van der Waals surface area contributed by atoms with Gasteiger partial charge >= 0.3 is 0 Å². The van der Waals surface area contributed by atoms with Crippen molar-refractivity contribution in [1.29, 1.82) is 0 Å². The van der Waals surface area contributed by atoms with Crippen LogP contribution in [0.25, 0.3) is 0 Å². The fraction of sp³-hybridized carbons (Fsp3) is 0.207. The van der Waals surface area contributed by atoms with Crippen molar-refractivity contribution in [2.75, 3.05) is 30.8 Å². The van der Waals surface area contributed by atoms with Crippen LogP contribution in [0.2, 0.25) is 5.02 Å². The largest absolute Gasteiger partial charge is 0.495 e. The van der Waals surface area contributed by atoms with E-state index in [9.17, 15) is 14.4 Å². The number of carbonyl (C=O) groups excluding carboxylic acids is 3. The third-order valence-electron chi connectivity index (χ3n) is 6.37. The fourth-order valence-corrected chi connectivity index (χ4v) is 4.25. The molecule has 0 radical (unpaired) electrons. The predicted octanol–water partition coefficient (Wildman–Crippen LogP) is 4.09. The third kappa shape index (κ3) is 6.95. The van der Waals surface area contributed by atoms with Crippen LogP contribution in [0.15, 0.2) is 59.7 Å². The number of carbonyl (C=O) groups is 3. The number of terminal acetylenes is 1. The number of nitrogens with zero attached hydrogens (tertiary/aromatic N) is 3. The topological polar surface area (TPSA) is 139 Å². The number of nitrogens with two attached hydrogens (primary N) is 1. The molecule has 0 saturated carbocycles. The average molecular weight is 559 g/mol. The maximum atomic E-state index is 13.2. The van der Waals surface area contributed by atoms with E-state index in [0.29, 0.717) is 47.8 Å². The van der Waals surface area contributed by atoms with Gasteiger partial charge in [0.05, 0.1) is 35.4 Å². The molecule has 0 spiro atoms. The third-order valence-corrected chi connectivity index (χ3v) is 6.60. The van der Waals surface area contributed by atoms with Crippen LogP contribution in [0.4, 0.5) is 17.2 Å². The quantitative estimate of drug-likeness (QED) is 0.216. The molecule has 0 unspecified atom stereocenters. The summed E-state index contributed by atoms with van der Waals surface area (Å²) in [6.07, 6.45) is 10.1. The Kier molecular flexibility index (Phi) is 8.99. The van der Waals surface area contributed by atoms with Crippen LogP contribution in [0, 0.1) is 18.3 Å². The highest BCUT2D eigenvalue weighted by Gasteiger charge is 2.22. The van der Waals surface area contributed by atoms with Crippen LogP contribution in [0.3, 0.4) is 0 Å². The van der Waals surface area contributed by atoms with E-state index in [4.69, 9.17) is 28.5 Å². The number of benzene rings is 2. The van der Waals surface area contributed by atoms with E-state index < -0.39 is 11.8 Å². The Hall–Kier alpha value is -4.88. The van der Waals surface area contributed by atoms with Gasteiger partial charge in [0.25, 0.3) is 11.8 Å². The second kappa shape index (κ2) is 12.8. The molecule has 2 aromatic carbocycles. The molecule has 4 rings (SSSR count). The minimum atomic E-state index is -0.551. The highest BCUT2D eigenvalue weighted by Crippen LogP contribution is 2.32. The fourth-order valence-electron chi connectivity index (χ4n) is 4.13. The summed E-state index contributed by atoms with van der Waals surface area (Å²) >= 11 is 5.88. The molecule has 3 amide bonds. The molecule has 11 heteroatoms. The van der Waals surface area contributed by atoms with Gasteiger partial charge in [-0.1, -0.05) is 17.5 Å². The monoisotopic (exact) mass is 558 g/mol. The lowest BCUT2D eigenvalue weighted by molar-refractivity contribution is -0.122. The second-order valence-corrected chi connectivity index (χ2v) is 9.46. The van der Waals surface area contributed by atoms with Crippen molar-refractivity contribution < 1.29 is 19.1 Å². The van der Waals surface area contributed by atoms with Gasteiger partial charge in [-0.25, -0.2) is 9.98 Å². The molecule has 10 nitrogen and oxygen atoms in total. The molecule has 1 aromatic heterocycles. The number of nitrogens with one attached hydrogen (secondary N) is 2. The van der Waals surface area contributed by atoms with Crippen LogP contribution in [-0.4, -0.2) is 54.1 Å². The zero-order chi connectivity index (χ0) is 28.6. The highest BCUT2D eigenvalue weighted by atomic mass is 35.5. The SMILES string of the molecule is C#Cc1cc(OC)c(NC(=O)c2ccc(N=CN3CCC(C(N)=O)CC3)cc2)c(C(=O)Nc2ccc(Cl)cn2)c1. The summed E-state index contributed by atoms with van der Waals surface area (Å²) in [6.45, 7) is 1.39. The number of primary amides is 1. The molecule has 0 atom stereocenters. The normalized spacial score (nSPS) is 13.5. The van der Waals surface area contributed by atoms with Gasteiger partial charge in [-0.2, -0.15) is 0 Å². The van der Waals surface area contributed by atoms with Crippen molar-refractivity contribution in [3.63, 3.8) is 0 Å². The second-order valence-electron chi connectivity index (χ2n) is 9.02. The number of ether oxygens (including phenoxy) is 1. The number of likely N-dealkylation sites (tertiary alicyclic amines) is 1. The lowest BCUT2D eigenvalue weighted by Gasteiger charge is -2.28. The van der Waals surface area contributed by atoms with Crippen molar-refractivity contribution in [3.8, 4) is 18.1 Å². The van der Waals surface area contributed by atoms with Gasteiger partial charge in [-0.05, 0) is 61.4 Å². The number of amides is 3. The first-order valence-corrected chi connectivity index (χ1v) is 12.8. The van der Waals surface area contributed by atoms with E-state index >= 15 is 0 Å². The van der Waals surface area contributed by atoms with Crippen LogP contribution in [0.1, 0.15) is 39.1 Å². The summed E-state index contributed by atoms with van der Waals surface area (Å²) in [7, 11) is 1.41. The number of methoxy groups -OCH3 is 1. The first-order chi connectivity index (χ1) is 19.3. The van der Waals surface area contributed by atoms with Crippen LogP contribution in [-0.2, 0) is 4.79 Å². The number of pyridine rings is 1. The molecule has 2 heterocycles. The number of halogens is 1. The van der Waals surface area contributed by atoms with E-state index in [-0.39, 0.29) is 34.6 Å². The molecule has 1 saturated heterocycles. The van der Waals surface area contributed by atoms with Crippen molar-refractivity contribution in [2.45, 2.75) is 12.8 Å². The first kappa shape index (κ1) is 28.1. The Labute approximate surface area is 236 Å². The Morgan fingerprint density at radius 2 is 1.85 bits per heavy atom. The molecular formula is C29H27ClN6O4. The molecule has 3 aromatic rings. The number of aromatic nitrogens is 1. The van der Waals surface area contributed by atoms with E-state index in [0.717, 1.165) is 0 Å². The molecule has 0 aliphatic carbocycles. The zero-order valence-electron chi connectivity index (χ0n) is 21.7. The van der Waals surface area contributed by atoms with E-state index in [1.165, 1.54) is 19.4 Å². The molecule has 1 aliphatic heterocycles. The molecule has 4 N–H and O–H groups in total.